The summed E-state index contributed by atoms with van der Waals surface area (Å²) in [6.45, 7) is 0.930. The number of urea groups is 1. The molecule has 2 aliphatic rings. The van der Waals surface area contributed by atoms with Gasteiger partial charge >= 0.3 is 6.03 Å². The van der Waals surface area contributed by atoms with E-state index < -0.39 is 11.9 Å². The number of carbonyl (C=O) groups excluding carboxylic acids is 3. The summed E-state index contributed by atoms with van der Waals surface area (Å²) in [5.41, 5.74) is 6.94. The van der Waals surface area contributed by atoms with E-state index in [2.05, 4.69) is 0 Å². The van der Waals surface area contributed by atoms with Crippen molar-refractivity contribution in [3.63, 3.8) is 0 Å². The maximum absolute atomic E-state index is 12.9. The molecule has 0 saturated carbocycles. The smallest absolute Gasteiger partial charge is 0.325 e. The quantitative estimate of drug-likeness (QED) is 0.823. The lowest BCUT2D eigenvalue weighted by Crippen LogP contribution is -2.48. The summed E-state index contributed by atoms with van der Waals surface area (Å²) in [5, 5.41) is 0. The van der Waals surface area contributed by atoms with Crippen molar-refractivity contribution in [3.05, 3.63) is 30.7 Å². The third kappa shape index (κ3) is 3.62. The molecule has 8 nitrogen and oxygen atoms in total. The van der Waals surface area contributed by atoms with Crippen LogP contribution in [0.4, 0.5) is 16.2 Å². The normalized spacial score (nSPS) is 22.1. The molecule has 0 aliphatic carbocycles. The molecule has 2 aliphatic heterocycles. The Labute approximate surface area is 159 Å². The van der Waals surface area contributed by atoms with Gasteiger partial charge in [-0.1, -0.05) is 0 Å². The number of likely N-dealkylation sites (N-methyl/N-ethyl adjacent to an activating group) is 2. The number of hydrogen-bond donors (Lipinski definition) is 1. The summed E-state index contributed by atoms with van der Waals surface area (Å²) in [6, 6.07) is 5.85. The van der Waals surface area contributed by atoms with Gasteiger partial charge in [0.2, 0.25) is 11.8 Å². The number of piperidine rings is 1. The van der Waals surface area contributed by atoms with Gasteiger partial charge < -0.3 is 20.4 Å². The molecular weight excluding hydrogens is 346 g/mol. The number of fused-ring (bicyclic) bond motifs is 1. The van der Waals surface area contributed by atoms with E-state index in [9.17, 15) is 14.4 Å². The van der Waals surface area contributed by atoms with Gasteiger partial charge in [0.15, 0.2) is 0 Å². The molecular formula is C19H26N5O3. The van der Waals surface area contributed by atoms with Crippen molar-refractivity contribution in [3.8, 4) is 0 Å². The first kappa shape index (κ1) is 19.2. The van der Waals surface area contributed by atoms with Crippen LogP contribution < -0.4 is 15.5 Å². The Morgan fingerprint density at radius 1 is 1.19 bits per heavy atom. The van der Waals surface area contributed by atoms with Crippen LogP contribution in [0.2, 0.25) is 0 Å². The second-order valence-electron chi connectivity index (χ2n) is 7.27. The molecule has 2 fully saturated rings. The van der Waals surface area contributed by atoms with Crippen LogP contribution in [-0.4, -0.2) is 74.0 Å². The molecule has 2 atom stereocenters. The molecule has 27 heavy (non-hydrogen) atoms. The van der Waals surface area contributed by atoms with Crippen molar-refractivity contribution in [2.75, 3.05) is 44.0 Å². The van der Waals surface area contributed by atoms with Crippen LogP contribution in [-0.2, 0) is 9.59 Å². The van der Waals surface area contributed by atoms with Crippen LogP contribution in [0, 0.1) is 6.42 Å². The zero-order chi connectivity index (χ0) is 19.7. The summed E-state index contributed by atoms with van der Waals surface area (Å²) in [5.74, 6) is -0.553. The Morgan fingerprint density at radius 3 is 2.44 bits per heavy atom. The van der Waals surface area contributed by atoms with Gasteiger partial charge in [0.05, 0.1) is 12.6 Å². The van der Waals surface area contributed by atoms with E-state index in [1.165, 1.54) is 4.90 Å². The van der Waals surface area contributed by atoms with E-state index in [1.807, 2.05) is 20.5 Å². The summed E-state index contributed by atoms with van der Waals surface area (Å²) < 4.78 is 0. The number of amides is 4. The van der Waals surface area contributed by atoms with Crippen LogP contribution in [0.15, 0.2) is 24.3 Å². The molecule has 8 heteroatoms. The molecule has 1 aromatic rings. The summed E-state index contributed by atoms with van der Waals surface area (Å²) in [7, 11) is 5.39. The number of rotatable bonds is 5. The van der Waals surface area contributed by atoms with Crippen molar-refractivity contribution >= 4 is 29.2 Å². The Balaban J connectivity index is 1.84. The summed E-state index contributed by atoms with van der Waals surface area (Å²) in [4.78, 5) is 43.7. The minimum Gasteiger partial charge on any atom is -0.368 e. The molecule has 1 aromatic carbocycles. The highest BCUT2D eigenvalue weighted by Gasteiger charge is 2.50. The number of nitrogens with zero attached hydrogens (tertiary/aromatic N) is 4. The molecule has 3 rings (SSSR count). The van der Waals surface area contributed by atoms with E-state index >= 15 is 0 Å². The topological polar surface area (TPSA) is 90.2 Å². The zero-order valence-corrected chi connectivity index (χ0v) is 16.0. The van der Waals surface area contributed by atoms with Crippen LogP contribution in [0.5, 0.6) is 0 Å². The third-order valence-electron chi connectivity index (χ3n) is 5.06. The van der Waals surface area contributed by atoms with Gasteiger partial charge in [-0.2, -0.15) is 0 Å². The Morgan fingerprint density at radius 2 is 1.85 bits per heavy atom. The van der Waals surface area contributed by atoms with Crippen LogP contribution in [0.25, 0.3) is 0 Å². The number of carbonyl (C=O) groups is 3. The van der Waals surface area contributed by atoms with Crippen molar-refractivity contribution < 1.29 is 14.4 Å². The molecule has 145 valence electrons. The molecule has 4 amide bonds. The third-order valence-corrected chi connectivity index (χ3v) is 5.06. The van der Waals surface area contributed by atoms with E-state index in [1.54, 1.807) is 46.0 Å². The first-order valence-electron chi connectivity index (χ1n) is 9.05. The lowest BCUT2D eigenvalue weighted by molar-refractivity contribution is -0.120. The monoisotopic (exact) mass is 372 g/mol. The minimum atomic E-state index is -0.711. The summed E-state index contributed by atoms with van der Waals surface area (Å²) >= 11 is 0. The summed E-state index contributed by atoms with van der Waals surface area (Å²) in [6.07, 6.45) is 3.75. The number of primary amides is 1. The maximum Gasteiger partial charge on any atom is 0.325 e. The Bertz CT molecular complexity index is 733. The van der Waals surface area contributed by atoms with Gasteiger partial charge in [-0.05, 0) is 57.6 Å². The molecule has 0 bridgehead atoms. The predicted molar refractivity (Wildman–Crippen MR) is 103 cm³/mol. The van der Waals surface area contributed by atoms with Crippen LogP contribution >= 0.6 is 0 Å². The van der Waals surface area contributed by atoms with E-state index in [4.69, 9.17) is 5.73 Å². The highest BCUT2D eigenvalue weighted by atomic mass is 16.2. The van der Waals surface area contributed by atoms with Crippen LogP contribution in [0.1, 0.15) is 12.8 Å². The van der Waals surface area contributed by atoms with E-state index in [-0.39, 0.29) is 18.0 Å². The largest absolute Gasteiger partial charge is 0.368 e. The first-order chi connectivity index (χ1) is 12.8. The highest BCUT2D eigenvalue weighted by molar-refractivity contribution is 6.04. The van der Waals surface area contributed by atoms with Gasteiger partial charge in [0, 0.05) is 25.0 Å². The fourth-order valence-electron chi connectivity index (χ4n) is 3.68. The number of benzene rings is 1. The van der Waals surface area contributed by atoms with Crippen molar-refractivity contribution in [2.24, 2.45) is 5.73 Å². The standard InChI is InChI=1S/C19H26N5O3/c1-21(2)12-16(25)22(3)13-7-9-14(10-8-13)24-17(18(20)26)15-6-4-5-11-23(15)19(24)27/h6-10,15,17H,4-5,11-12H2,1-3H3,(H2,20,26)/t15-,17?/m1/s1. The van der Waals surface area contributed by atoms with E-state index in [0.717, 1.165) is 18.5 Å². The average molecular weight is 372 g/mol. The van der Waals surface area contributed by atoms with Crippen molar-refractivity contribution in [1.29, 1.82) is 0 Å². The molecule has 2 N–H and O–H groups in total. The van der Waals surface area contributed by atoms with Gasteiger partial charge in [0.25, 0.3) is 0 Å². The fraction of sp³-hybridized carbons (Fsp3) is 0.474. The molecule has 1 unspecified atom stereocenters. The molecule has 1 radical (unpaired) electrons. The Hall–Kier alpha value is -2.61. The Kier molecular flexibility index (Phi) is 5.36. The SMILES string of the molecule is CN(C)CC(=O)N(C)c1ccc(N2C(=O)N3CCC[CH][C@@H]3C2C(N)=O)cc1. The second-order valence-corrected chi connectivity index (χ2v) is 7.27. The second kappa shape index (κ2) is 7.56. The first-order valence-corrected chi connectivity index (χ1v) is 9.05. The van der Waals surface area contributed by atoms with Crippen LogP contribution in [0.3, 0.4) is 0 Å². The van der Waals surface area contributed by atoms with Gasteiger partial charge in [-0.15, -0.1) is 0 Å². The average Bonchev–Trinajstić information content (AvgIpc) is 2.94. The molecule has 2 heterocycles. The number of hydrogen-bond acceptors (Lipinski definition) is 4. The van der Waals surface area contributed by atoms with Gasteiger partial charge in [-0.3, -0.25) is 14.5 Å². The molecule has 0 spiro atoms. The lowest BCUT2D eigenvalue weighted by atomic mass is 9.97. The highest BCUT2D eigenvalue weighted by Crippen LogP contribution is 2.34. The van der Waals surface area contributed by atoms with Crippen molar-refractivity contribution in [1.82, 2.24) is 9.80 Å². The fourth-order valence-corrected chi connectivity index (χ4v) is 3.68. The van der Waals surface area contributed by atoms with Gasteiger partial charge in [0.1, 0.15) is 6.04 Å². The molecule has 0 aromatic heterocycles. The van der Waals surface area contributed by atoms with Crippen molar-refractivity contribution in [2.45, 2.75) is 24.9 Å². The number of nitrogens with two attached hydrogens (primary N) is 1. The zero-order valence-electron chi connectivity index (χ0n) is 16.0. The maximum atomic E-state index is 12.9. The lowest BCUT2D eigenvalue weighted by Gasteiger charge is -2.29. The number of anilines is 2. The van der Waals surface area contributed by atoms with Gasteiger partial charge in [-0.25, -0.2) is 4.79 Å². The minimum absolute atomic E-state index is 0.0354. The predicted octanol–water partition coefficient (Wildman–Crippen LogP) is 0.674. The van der Waals surface area contributed by atoms with E-state index in [0.29, 0.717) is 18.8 Å². The molecule has 2 saturated heterocycles.